The van der Waals surface area contributed by atoms with Crippen LogP contribution in [0.5, 0.6) is 0 Å². The Morgan fingerprint density at radius 2 is 1.86 bits per heavy atom. The lowest BCUT2D eigenvalue weighted by Crippen LogP contribution is -2.16. The number of hydrogen-bond acceptors (Lipinski definition) is 3. The fourth-order valence-corrected chi connectivity index (χ4v) is 0.161. The maximum atomic E-state index is 5.25. The number of allylic oxidation sites excluding steroid dienone is 1. The SMILES string of the molecule is C/C(N)=C(\N)CN. The molecule has 3 heteroatoms. The van der Waals surface area contributed by atoms with Gasteiger partial charge in [0.25, 0.3) is 0 Å². The fourth-order valence-electron chi connectivity index (χ4n) is 0.161. The van der Waals surface area contributed by atoms with Gasteiger partial charge in [-0.1, -0.05) is 0 Å². The van der Waals surface area contributed by atoms with Crippen molar-refractivity contribution >= 4 is 0 Å². The summed E-state index contributed by atoms with van der Waals surface area (Å²) in [5.74, 6) is 0. The summed E-state index contributed by atoms with van der Waals surface area (Å²) in [6, 6.07) is 0. The Bertz CT molecular complexity index is 80.9. The Morgan fingerprint density at radius 3 is 1.86 bits per heavy atom. The van der Waals surface area contributed by atoms with Crippen LogP contribution in [0.25, 0.3) is 0 Å². The van der Waals surface area contributed by atoms with Crippen molar-refractivity contribution in [1.29, 1.82) is 0 Å². The third-order valence-corrected chi connectivity index (χ3v) is 0.726. The minimum Gasteiger partial charge on any atom is -0.401 e. The molecule has 0 saturated carbocycles. The van der Waals surface area contributed by atoms with E-state index in [1.807, 2.05) is 0 Å². The Balaban J connectivity index is 3.72. The minimum atomic E-state index is 0.350. The first-order valence-corrected chi connectivity index (χ1v) is 2.09. The van der Waals surface area contributed by atoms with Gasteiger partial charge >= 0.3 is 0 Å². The van der Waals surface area contributed by atoms with E-state index >= 15 is 0 Å². The van der Waals surface area contributed by atoms with Gasteiger partial charge in [0, 0.05) is 17.9 Å². The molecule has 0 spiro atoms. The second-order valence-corrected chi connectivity index (χ2v) is 1.41. The lowest BCUT2D eigenvalue weighted by atomic mass is 10.4. The van der Waals surface area contributed by atoms with Crippen molar-refractivity contribution in [1.82, 2.24) is 0 Å². The number of hydrogen-bond donors (Lipinski definition) is 3. The molecule has 0 aliphatic heterocycles. The summed E-state index contributed by atoms with van der Waals surface area (Å²) in [6.07, 6.45) is 0. The van der Waals surface area contributed by atoms with Gasteiger partial charge in [-0.2, -0.15) is 0 Å². The van der Waals surface area contributed by atoms with Gasteiger partial charge < -0.3 is 17.2 Å². The number of nitrogens with two attached hydrogens (primary N) is 3. The Hall–Kier alpha value is -0.700. The summed E-state index contributed by atoms with van der Waals surface area (Å²) in [4.78, 5) is 0. The third kappa shape index (κ3) is 2.05. The lowest BCUT2D eigenvalue weighted by molar-refractivity contribution is 1.05. The first kappa shape index (κ1) is 6.30. The molecular weight excluding hydrogens is 90.1 g/mol. The molecule has 0 aromatic rings. The van der Waals surface area contributed by atoms with Gasteiger partial charge in [-0.25, -0.2) is 0 Å². The number of rotatable bonds is 1. The van der Waals surface area contributed by atoms with E-state index in [9.17, 15) is 0 Å². The molecule has 3 nitrogen and oxygen atoms in total. The predicted molar refractivity (Wildman–Crippen MR) is 30.1 cm³/mol. The lowest BCUT2D eigenvalue weighted by Gasteiger charge is -1.95. The summed E-state index contributed by atoms with van der Waals surface area (Å²) >= 11 is 0. The van der Waals surface area contributed by atoms with Crippen molar-refractivity contribution in [2.24, 2.45) is 17.2 Å². The normalized spacial score (nSPS) is 13.4. The second kappa shape index (κ2) is 2.47. The highest BCUT2D eigenvalue weighted by atomic mass is 14.7. The van der Waals surface area contributed by atoms with Crippen LogP contribution in [0.1, 0.15) is 6.92 Å². The third-order valence-electron chi connectivity index (χ3n) is 0.726. The molecule has 7 heavy (non-hydrogen) atoms. The summed E-state index contributed by atoms with van der Waals surface area (Å²) in [7, 11) is 0. The molecule has 0 heterocycles. The molecule has 0 aliphatic rings. The Kier molecular flexibility index (Phi) is 2.22. The van der Waals surface area contributed by atoms with E-state index in [-0.39, 0.29) is 0 Å². The summed E-state index contributed by atoms with van der Waals surface area (Å²) < 4.78 is 0. The Morgan fingerprint density at radius 1 is 1.43 bits per heavy atom. The van der Waals surface area contributed by atoms with Gasteiger partial charge in [0.1, 0.15) is 0 Å². The van der Waals surface area contributed by atoms with E-state index in [0.29, 0.717) is 17.9 Å². The quantitative estimate of drug-likeness (QED) is 0.400. The predicted octanol–water partition coefficient (Wildman–Crippen LogP) is -0.906. The summed E-state index contributed by atoms with van der Waals surface area (Å²) in [5, 5.41) is 0. The van der Waals surface area contributed by atoms with Gasteiger partial charge in [-0.15, -0.1) is 0 Å². The van der Waals surface area contributed by atoms with Gasteiger partial charge in [-0.05, 0) is 6.92 Å². The van der Waals surface area contributed by atoms with Crippen LogP contribution in [-0.2, 0) is 0 Å². The van der Waals surface area contributed by atoms with Crippen LogP contribution in [0.15, 0.2) is 11.4 Å². The second-order valence-electron chi connectivity index (χ2n) is 1.41. The first-order chi connectivity index (χ1) is 3.18. The van der Waals surface area contributed by atoms with Crippen LogP contribution in [0.2, 0.25) is 0 Å². The highest BCUT2D eigenvalue weighted by Gasteiger charge is 1.84. The van der Waals surface area contributed by atoms with Gasteiger partial charge in [0.05, 0.1) is 0 Å². The van der Waals surface area contributed by atoms with Gasteiger partial charge in [-0.3, -0.25) is 0 Å². The molecule has 0 aromatic carbocycles. The molecule has 0 atom stereocenters. The molecule has 0 unspecified atom stereocenters. The average Bonchev–Trinajstić information content (AvgIpc) is 1.65. The van der Waals surface area contributed by atoms with Crippen molar-refractivity contribution < 1.29 is 0 Å². The fraction of sp³-hybridized carbons (Fsp3) is 0.500. The van der Waals surface area contributed by atoms with Crippen molar-refractivity contribution in [3.8, 4) is 0 Å². The molecule has 6 N–H and O–H groups in total. The zero-order valence-corrected chi connectivity index (χ0v) is 4.44. The molecule has 0 rings (SSSR count). The molecule has 0 aromatic heterocycles. The highest BCUT2D eigenvalue weighted by Crippen LogP contribution is 1.82. The summed E-state index contributed by atoms with van der Waals surface area (Å²) in [6.45, 7) is 2.07. The first-order valence-electron chi connectivity index (χ1n) is 2.09. The molecule has 42 valence electrons. The van der Waals surface area contributed by atoms with Crippen molar-refractivity contribution in [2.75, 3.05) is 6.54 Å². The molecule has 0 bridgehead atoms. The molecule has 0 radical (unpaired) electrons. The van der Waals surface area contributed by atoms with Crippen molar-refractivity contribution in [2.45, 2.75) is 6.92 Å². The van der Waals surface area contributed by atoms with Crippen LogP contribution >= 0.6 is 0 Å². The van der Waals surface area contributed by atoms with Crippen molar-refractivity contribution in [3.05, 3.63) is 11.4 Å². The van der Waals surface area contributed by atoms with Crippen LogP contribution < -0.4 is 17.2 Å². The van der Waals surface area contributed by atoms with Crippen LogP contribution in [0.4, 0.5) is 0 Å². The maximum absolute atomic E-state index is 5.25. The molecule has 0 aliphatic carbocycles. The Labute approximate surface area is 43.2 Å². The zero-order valence-electron chi connectivity index (χ0n) is 4.44. The minimum absolute atomic E-state index is 0.350. The smallest absolute Gasteiger partial charge is 0.0407 e. The topological polar surface area (TPSA) is 78.1 Å². The van der Waals surface area contributed by atoms with Crippen LogP contribution in [0, 0.1) is 0 Å². The van der Waals surface area contributed by atoms with Gasteiger partial charge in [0.15, 0.2) is 0 Å². The standard InChI is InChI=1S/C4H11N3/c1-3(6)4(7)2-5/h2,5-7H2,1H3/b4-3+. The van der Waals surface area contributed by atoms with E-state index in [0.717, 1.165) is 0 Å². The maximum Gasteiger partial charge on any atom is 0.0407 e. The summed E-state index contributed by atoms with van der Waals surface area (Å²) in [5.41, 5.74) is 16.8. The molecule has 0 amide bonds. The largest absolute Gasteiger partial charge is 0.401 e. The average molecular weight is 101 g/mol. The van der Waals surface area contributed by atoms with Crippen LogP contribution in [-0.4, -0.2) is 6.54 Å². The van der Waals surface area contributed by atoms with Crippen LogP contribution in [0.3, 0.4) is 0 Å². The van der Waals surface area contributed by atoms with E-state index < -0.39 is 0 Å². The van der Waals surface area contributed by atoms with E-state index in [1.54, 1.807) is 6.92 Å². The van der Waals surface area contributed by atoms with E-state index in [1.165, 1.54) is 0 Å². The van der Waals surface area contributed by atoms with E-state index in [4.69, 9.17) is 17.2 Å². The molecule has 0 saturated heterocycles. The van der Waals surface area contributed by atoms with E-state index in [2.05, 4.69) is 0 Å². The van der Waals surface area contributed by atoms with Crippen molar-refractivity contribution in [3.63, 3.8) is 0 Å². The highest BCUT2D eigenvalue weighted by molar-refractivity contribution is 5.04. The zero-order chi connectivity index (χ0) is 5.86. The molecule has 0 fully saturated rings. The monoisotopic (exact) mass is 101 g/mol. The van der Waals surface area contributed by atoms with Gasteiger partial charge in [0.2, 0.25) is 0 Å². The molecular formula is C4H11N3.